The van der Waals surface area contributed by atoms with E-state index >= 15 is 0 Å². The van der Waals surface area contributed by atoms with Gasteiger partial charge in [0.15, 0.2) is 0 Å². The molecule has 1 atom stereocenters. The minimum atomic E-state index is -5.11. The molecule has 1 heterocycles. The summed E-state index contributed by atoms with van der Waals surface area (Å²) in [5.74, 6) is -4.21. The summed E-state index contributed by atoms with van der Waals surface area (Å²) in [5, 5.41) is 2.77. The van der Waals surface area contributed by atoms with Gasteiger partial charge in [-0.15, -0.1) is 0 Å². The monoisotopic (exact) mass is 211 g/mol. The van der Waals surface area contributed by atoms with Crippen LogP contribution in [0.2, 0.25) is 0 Å². The Morgan fingerprint density at radius 3 is 2.43 bits per heavy atom. The van der Waals surface area contributed by atoms with Crippen LogP contribution in [0.4, 0.5) is 13.2 Å². The number of carbonyl (C=O) groups excluding carboxylic acids is 2. The lowest BCUT2D eigenvalue weighted by atomic mass is 10.1. The lowest BCUT2D eigenvalue weighted by molar-refractivity contribution is -0.203. The van der Waals surface area contributed by atoms with Crippen LogP contribution in [0.25, 0.3) is 0 Å². The Labute approximate surface area is 77.4 Å². The van der Waals surface area contributed by atoms with Crippen molar-refractivity contribution in [1.29, 1.82) is 0 Å². The van der Waals surface area contributed by atoms with Gasteiger partial charge in [0, 0.05) is 6.54 Å². The summed E-state index contributed by atoms with van der Waals surface area (Å²) in [6.07, 6.45) is -4.72. The van der Waals surface area contributed by atoms with E-state index in [4.69, 9.17) is 0 Å². The summed E-state index contributed by atoms with van der Waals surface area (Å²) >= 11 is 0. The van der Waals surface area contributed by atoms with E-state index in [9.17, 15) is 22.8 Å². The summed E-state index contributed by atoms with van der Waals surface area (Å²) in [7, 11) is 0. The molecule has 14 heavy (non-hydrogen) atoms. The fourth-order valence-electron chi connectivity index (χ4n) is 1.09. The van der Waals surface area contributed by atoms with Gasteiger partial charge >= 0.3 is 18.1 Å². The maximum absolute atomic E-state index is 11.7. The second-order valence-electron chi connectivity index (χ2n) is 2.90. The number of carbonyl (C=O) groups is 2. The second-order valence-corrected chi connectivity index (χ2v) is 2.90. The third-order valence-electron chi connectivity index (χ3n) is 1.82. The molecule has 0 spiro atoms. The number of nitrogens with one attached hydrogen (secondary N) is 1. The van der Waals surface area contributed by atoms with Crippen LogP contribution in [0, 0.1) is 5.92 Å². The Balaban J connectivity index is 2.44. The van der Waals surface area contributed by atoms with Crippen molar-refractivity contribution < 1.29 is 27.5 Å². The van der Waals surface area contributed by atoms with Crippen LogP contribution in [0.3, 0.4) is 0 Å². The van der Waals surface area contributed by atoms with Crippen molar-refractivity contribution in [2.75, 3.05) is 13.1 Å². The van der Waals surface area contributed by atoms with Gasteiger partial charge in [-0.1, -0.05) is 0 Å². The Morgan fingerprint density at radius 1 is 1.36 bits per heavy atom. The van der Waals surface area contributed by atoms with Crippen LogP contribution >= 0.6 is 0 Å². The van der Waals surface area contributed by atoms with Gasteiger partial charge in [0.05, 0.1) is 5.92 Å². The Hall–Kier alpha value is -1.11. The summed E-state index contributed by atoms with van der Waals surface area (Å²) in [5.41, 5.74) is 0. The summed E-state index contributed by atoms with van der Waals surface area (Å²) < 4.78 is 38.6. The smallest absolute Gasteiger partial charge is 0.386 e. The van der Waals surface area contributed by atoms with Crippen LogP contribution in [-0.4, -0.2) is 31.2 Å². The molecule has 0 unspecified atom stereocenters. The predicted molar refractivity (Wildman–Crippen MR) is 38.1 cm³/mol. The van der Waals surface area contributed by atoms with Gasteiger partial charge in [-0.25, -0.2) is 4.79 Å². The van der Waals surface area contributed by atoms with E-state index in [1.807, 2.05) is 0 Å². The molecule has 0 aliphatic carbocycles. The Morgan fingerprint density at radius 2 is 2.00 bits per heavy atom. The molecule has 0 amide bonds. The zero-order chi connectivity index (χ0) is 10.8. The molecule has 1 aliphatic heterocycles. The van der Waals surface area contributed by atoms with Gasteiger partial charge < -0.3 is 10.1 Å². The van der Waals surface area contributed by atoms with E-state index in [1.165, 1.54) is 0 Å². The van der Waals surface area contributed by atoms with Crippen molar-refractivity contribution in [1.82, 2.24) is 5.32 Å². The number of ether oxygens (including phenoxy) is 1. The first kappa shape index (κ1) is 11.0. The zero-order valence-electron chi connectivity index (χ0n) is 7.06. The van der Waals surface area contributed by atoms with Crippen molar-refractivity contribution >= 4 is 11.9 Å². The normalized spacial score (nSPS) is 22.1. The predicted octanol–water partition coefficient (Wildman–Crippen LogP) is 0.228. The minimum absolute atomic E-state index is 0.254. The lowest BCUT2D eigenvalue weighted by Gasteiger charge is -2.08. The SMILES string of the molecule is O=C(OC(=O)C(F)(F)F)[C@H]1CCNC1. The fraction of sp³-hybridized carbons (Fsp3) is 0.714. The molecule has 1 rings (SSSR count). The Kier molecular flexibility index (Phi) is 3.10. The van der Waals surface area contributed by atoms with Gasteiger partial charge in [0.2, 0.25) is 0 Å². The molecule has 1 fully saturated rings. The molecule has 7 heteroatoms. The van der Waals surface area contributed by atoms with Crippen molar-refractivity contribution in [3.63, 3.8) is 0 Å². The Bertz CT molecular complexity index is 245. The topological polar surface area (TPSA) is 55.4 Å². The highest BCUT2D eigenvalue weighted by Crippen LogP contribution is 2.18. The molecule has 0 aromatic heterocycles. The third kappa shape index (κ3) is 2.69. The van der Waals surface area contributed by atoms with E-state index in [2.05, 4.69) is 10.1 Å². The molecule has 80 valence electrons. The van der Waals surface area contributed by atoms with Crippen molar-refractivity contribution in [2.45, 2.75) is 12.6 Å². The third-order valence-corrected chi connectivity index (χ3v) is 1.82. The number of rotatable bonds is 1. The molecule has 0 bridgehead atoms. The van der Waals surface area contributed by atoms with Crippen LogP contribution in [0.15, 0.2) is 0 Å². The maximum atomic E-state index is 11.7. The minimum Gasteiger partial charge on any atom is -0.386 e. The molecule has 1 N–H and O–H groups in total. The van der Waals surface area contributed by atoms with Crippen LogP contribution in [-0.2, 0) is 14.3 Å². The highest BCUT2D eigenvalue weighted by Gasteiger charge is 2.43. The molecule has 1 saturated heterocycles. The molecule has 0 aromatic rings. The number of hydrogen-bond donors (Lipinski definition) is 1. The van der Waals surface area contributed by atoms with Crippen molar-refractivity contribution in [3.05, 3.63) is 0 Å². The van der Waals surface area contributed by atoms with Gasteiger partial charge in [-0.3, -0.25) is 4.79 Å². The first-order chi connectivity index (χ1) is 6.41. The fourth-order valence-corrected chi connectivity index (χ4v) is 1.09. The second kappa shape index (κ2) is 3.95. The van der Waals surface area contributed by atoms with E-state index in [0.717, 1.165) is 0 Å². The number of alkyl halides is 3. The number of hydrogen-bond acceptors (Lipinski definition) is 4. The lowest BCUT2D eigenvalue weighted by Crippen LogP contribution is -2.31. The first-order valence-corrected chi connectivity index (χ1v) is 3.95. The summed E-state index contributed by atoms with van der Waals surface area (Å²) in [4.78, 5) is 21.2. The highest BCUT2D eigenvalue weighted by molar-refractivity contribution is 5.89. The first-order valence-electron chi connectivity index (χ1n) is 3.95. The molecular formula is C7H8F3NO3. The van der Waals surface area contributed by atoms with Gasteiger partial charge in [-0.05, 0) is 13.0 Å². The van der Waals surface area contributed by atoms with Crippen LogP contribution < -0.4 is 5.32 Å². The number of halogens is 3. The van der Waals surface area contributed by atoms with E-state index < -0.39 is 24.0 Å². The van der Waals surface area contributed by atoms with E-state index in [0.29, 0.717) is 13.0 Å². The standard InChI is InChI=1S/C7H8F3NO3/c8-7(9,10)6(13)14-5(12)4-1-2-11-3-4/h4,11H,1-3H2/t4-/m0/s1. The van der Waals surface area contributed by atoms with Gasteiger partial charge in [0.25, 0.3) is 0 Å². The molecule has 0 radical (unpaired) electrons. The zero-order valence-corrected chi connectivity index (χ0v) is 7.06. The molecule has 0 saturated carbocycles. The maximum Gasteiger partial charge on any atom is 0.491 e. The molecule has 1 aliphatic rings. The van der Waals surface area contributed by atoms with Crippen molar-refractivity contribution in [2.24, 2.45) is 5.92 Å². The van der Waals surface area contributed by atoms with Crippen molar-refractivity contribution in [3.8, 4) is 0 Å². The quantitative estimate of drug-likeness (QED) is 0.498. The molecule has 0 aromatic carbocycles. The van der Waals surface area contributed by atoms with Crippen LogP contribution in [0.5, 0.6) is 0 Å². The van der Waals surface area contributed by atoms with Crippen LogP contribution in [0.1, 0.15) is 6.42 Å². The molecular weight excluding hydrogens is 203 g/mol. The largest absolute Gasteiger partial charge is 0.491 e. The summed E-state index contributed by atoms with van der Waals surface area (Å²) in [6, 6.07) is 0. The van der Waals surface area contributed by atoms with E-state index in [1.54, 1.807) is 0 Å². The average Bonchev–Trinajstić information content (AvgIpc) is 2.53. The molecule has 4 nitrogen and oxygen atoms in total. The van der Waals surface area contributed by atoms with Gasteiger partial charge in [-0.2, -0.15) is 13.2 Å². The highest BCUT2D eigenvalue weighted by atomic mass is 19.4. The average molecular weight is 211 g/mol. The summed E-state index contributed by atoms with van der Waals surface area (Å²) in [6.45, 7) is 0.796. The number of esters is 2. The van der Waals surface area contributed by atoms with E-state index in [-0.39, 0.29) is 6.54 Å². The van der Waals surface area contributed by atoms with Gasteiger partial charge in [0.1, 0.15) is 0 Å².